The van der Waals surface area contributed by atoms with Gasteiger partial charge in [0.1, 0.15) is 0 Å². The highest BCUT2D eigenvalue weighted by atomic mass is 32.2. The minimum absolute atomic E-state index is 0.0292. The molecule has 0 saturated carbocycles. The van der Waals surface area contributed by atoms with Gasteiger partial charge in [-0.25, -0.2) is 8.42 Å². The van der Waals surface area contributed by atoms with E-state index in [4.69, 9.17) is 0 Å². The quantitative estimate of drug-likeness (QED) is 0.870. The van der Waals surface area contributed by atoms with Crippen LogP contribution in [0.15, 0.2) is 42.5 Å². The lowest BCUT2D eigenvalue weighted by atomic mass is 10.0. The second-order valence-electron chi connectivity index (χ2n) is 5.88. The molecule has 1 unspecified atom stereocenters. The molecule has 22 heavy (non-hydrogen) atoms. The largest absolute Gasteiger partial charge is 0.341 e. The molecule has 1 heterocycles. The Kier molecular flexibility index (Phi) is 3.91. The Labute approximate surface area is 130 Å². The molecule has 1 fully saturated rings. The van der Waals surface area contributed by atoms with Gasteiger partial charge in [0.2, 0.25) is 5.91 Å². The number of hydrogen-bond acceptors (Lipinski definition) is 3. The van der Waals surface area contributed by atoms with Crippen LogP contribution in [0, 0.1) is 0 Å². The molecule has 0 aromatic heterocycles. The predicted molar refractivity (Wildman–Crippen MR) is 87.5 cm³/mol. The van der Waals surface area contributed by atoms with Crippen LogP contribution in [0.25, 0.3) is 10.8 Å². The maximum atomic E-state index is 12.5. The highest BCUT2D eigenvalue weighted by Gasteiger charge is 2.32. The number of benzene rings is 2. The molecule has 0 spiro atoms. The minimum Gasteiger partial charge on any atom is -0.341 e. The first-order valence-corrected chi connectivity index (χ1v) is 9.21. The number of rotatable bonds is 3. The number of likely N-dealkylation sites (N-methyl/N-ethyl adjacent to an activating group) is 1. The number of nitrogens with zero attached hydrogens (tertiary/aromatic N) is 1. The number of carbonyl (C=O) groups excluding carboxylic acids is 1. The molecule has 116 valence electrons. The fourth-order valence-corrected chi connectivity index (χ4v) is 4.79. The van der Waals surface area contributed by atoms with E-state index in [1.807, 2.05) is 42.5 Å². The summed E-state index contributed by atoms with van der Waals surface area (Å²) in [6.07, 6.45) is 0.842. The molecule has 1 saturated heterocycles. The number of carbonyl (C=O) groups is 1. The predicted octanol–water partition coefficient (Wildman–Crippen LogP) is 2.03. The van der Waals surface area contributed by atoms with Gasteiger partial charge in [0.05, 0.1) is 17.9 Å². The molecule has 0 aliphatic carbocycles. The van der Waals surface area contributed by atoms with Gasteiger partial charge in [0.25, 0.3) is 0 Å². The Morgan fingerprint density at radius 2 is 1.91 bits per heavy atom. The summed E-state index contributed by atoms with van der Waals surface area (Å²) >= 11 is 0. The summed E-state index contributed by atoms with van der Waals surface area (Å²) in [5.74, 6) is 0.243. The van der Waals surface area contributed by atoms with Gasteiger partial charge in [0.15, 0.2) is 9.84 Å². The van der Waals surface area contributed by atoms with E-state index in [1.54, 1.807) is 11.9 Å². The van der Waals surface area contributed by atoms with Crippen molar-refractivity contribution in [3.05, 3.63) is 48.0 Å². The van der Waals surface area contributed by atoms with E-state index in [1.165, 1.54) is 0 Å². The topological polar surface area (TPSA) is 54.5 Å². The molecular weight excluding hydrogens is 298 g/mol. The molecule has 2 aromatic carbocycles. The van der Waals surface area contributed by atoms with Gasteiger partial charge in [-0.3, -0.25) is 4.79 Å². The van der Waals surface area contributed by atoms with Crippen molar-refractivity contribution in [2.75, 3.05) is 18.6 Å². The van der Waals surface area contributed by atoms with Crippen molar-refractivity contribution in [2.45, 2.75) is 18.9 Å². The summed E-state index contributed by atoms with van der Waals surface area (Å²) in [6, 6.07) is 13.7. The molecule has 5 heteroatoms. The van der Waals surface area contributed by atoms with Gasteiger partial charge in [-0.05, 0) is 22.8 Å². The molecule has 3 rings (SSSR count). The van der Waals surface area contributed by atoms with Crippen LogP contribution in [0.5, 0.6) is 0 Å². The Morgan fingerprint density at radius 1 is 1.18 bits per heavy atom. The minimum atomic E-state index is -2.98. The molecule has 1 atom stereocenters. The summed E-state index contributed by atoms with van der Waals surface area (Å²) in [6.45, 7) is 0. The lowest BCUT2D eigenvalue weighted by molar-refractivity contribution is -0.130. The van der Waals surface area contributed by atoms with E-state index in [2.05, 4.69) is 0 Å². The average Bonchev–Trinajstić information content (AvgIpc) is 2.87. The summed E-state index contributed by atoms with van der Waals surface area (Å²) in [5, 5.41) is 2.18. The molecule has 4 nitrogen and oxygen atoms in total. The smallest absolute Gasteiger partial charge is 0.227 e. The monoisotopic (exact) mass is 317 g/mol. The lowest BCUT2D eigenvalue weighted by Crippen LogP contribution is -2.38. The first-order valence-electron chi connectivity index (χ1n) is 7.39. The van der Waals surface area contributed by atoms with E-state index >= 15 is 0 Å². The van der Waals surface area contributed by atoms with Gasteiger partial charge in [0, 0.05) is 13.1 Å². The Bertz CT molecular complexity index is 808. The van der Waals surface area contributed by atoms with Crippen molar-refractivity contribution in [1.29, 1.82) is 0 Å². The Hall–Kier alpha value is -1.88. The maximum absolute atomic E-state index is 12.5. The fraction of sp³-hybridized carbons (Fsp3) is 0.353. The van der Waals surface area contributed by atoms with Crippen molar-refractivity contribution < 1.29 is 13.2 Å². The highest BCUT2D eigenvalue weighted by molar-refractivity contribution is 7.91. The van der Waals surface area contributed by atoms with Crippen molar-refractivity contribution in [3.63, 3.8) is 0 Å². The highest BCUT2D eigenvalue weighted by Crippen LogP contribution is 2.21. The molecule has 1 aliphatic heterocycles. The molecular formula is C17H19NO3S. The molecule has 0 N–H and O–H groups in total. The van der Waals surface area contributed by atoms with Gasteiger partial charge in [-0.2, -0.15) is 0 Å². The standard InChI is InChI=1S/C17H19NO3S/c1-18(15-9-10-22(20,21)12-15)17(19)11-14-7-4-6-13-5-2-3-8-16(13)14/h2-8,15H,9-12H2,1H3. The van der Waals surface area contributed by atoms with Gasteiger partial charge < -0.3 is 4.90 Å². The number of hydrogen-bond donors (Lipinski definition) is 0. The molecule has 0 radical (unpaired) electrons. The second kappa shape index (κ2) is 5.72. The van der Waals surface area contributed by atoms with Crippen molar-refractivity contribution >= 4 is 26.5 Å². The maximum Gasteiger partial charge on any atom is 0.227 e. The van der Waals surface area contributed by atoms with E-state index in [-0.39, 0.29) is 23.5 Å². The summed E-state index contributed by atoms with van der Waals surface area (Å²) < 4.78 is 23.1. The van der Waals surface area contributed by atoms with Crippen molar-refractivity contribution in [3.8, 4) is 0 Å². The van der Waals surface area contributed by atoms with Crippen LogP contribution in [-0.2, 0) is 21.1 Å². The molecule has 2 aromatic rings. The summed E-state index contributed by atoms with van der Waals surface area (Å²) in [7, 11) is -1.27. The Morgan fingerprint density at radius 3 is 2.64 bits per heavy atom. The third kappa shape index (κ3) is 2.99. The normalized spacial score (nSPS) is 20.1. The SMILES string of the molecule is CN(C(=O)Cc1cccc2ccccc12)C1CCS(=O)(=O)C1. The van der Waals surface area contributed by atoms with Crippen LogP contribution < -0.4 is 0 Å². The van der Waals surface area contributed by atoms with Crippen molar-refractivity contribution in [2.24, 2.45) is 0 Å². The first kappa shape index (κ1) is 15.0. The summed E-state index contributed by atoms with van der Waals surface area (Å²) in [4.78, 5) is 14.1. The van der Waals surface area contributed by atoms with E-state index < -0.39 is 9.84 Å². The number of sulfone groups is 1. The molecule has 0 bridgehead atoms. The molecule has 1 amide bonds. The van der Waals surface area contributed by atoms with Gasteiger partial charge in [-0.1, -0.05) is 42.5 Å². The van der Waals surface area contributed by atoms with E-state index in [0.29, 0.717) is 12.8 Å². The zero-order chi connectivity index (χ0) is 15.7. The van der Waals surface area contributed by atoms with Crippen molar-refractivity contribution in [1.82, 2.24) is 4.90 Å². The van der Waals surface area contributed by atoms with Crippen LogP contribution in [0.2, 0.25) is 0 Å². The number of amides is 1. The first-order chi connectivity index (χ1) is 10.5. The lowest BCUT2D eigenvalue weighted by Gasteiger charge is -2.23. The van der Waals surface area contributed by atoms with Crippen LogP contribution in [0.1, 0.15) is 12.0 Å². The van der Waals surface area contributed by atoms with E-state index in [0.717, 1.165) is 16.3 Å². The summed E-state index contributed by atoms with van der Waals surface area (Å²) in [5.41, 5.74) is 0.982. The van der Waals surface area contributed by atoms with Crippen LogP contribution >= 0.6 is 0 Å². The van der Waals surface area contributed by atoms with Gasteiger partial charge in [-0.15, -0.1) is 0 Å². The third-order valence-electron chi connectivity index (χ3n) is 4.37. The molecule has 1 aliphatic rings. The Balaban J connectivity index is 1.79. The van der Waals surface area contributed by atoms with Crippen LogP contribution in [0.3, 0.4) is 0 Å². The fourth-order valence-electron chi connectivity index (χ4n) is 3.02. The van der Waals surface area contributed by atoms with Gasteiger partial charge >= 0.3 is 0 Å². The second-order valence-corrected chi connectivity index (χ2v) is 8.11. The van der Waals surface area contributed by atoms with Crippen LogP contribution in [0.4, 0.5) is 0 Å². The van der Waals surface area contributed by atoms with Crippen LogP contribution in [-0.4, -0.2) is 43.8 Å². The zero-order valence-electron chi connectivity index (χ0n) is 12.5. The zero-order valence-corrected chi connectivity index (χ0v) is 13.3. The van der Waals surface area contributed by atoms with E-state index in [9.17, 15) is 13.2 Å². The number of fused-ring (bicyclic) bond motifs is 1. The third-order valence-corrected chi connectivity index (χ3v) is 6.12. The average molecular weight is 317 g/mol.